The van der Waals surface area contributed by atoms with Gasteiger partial charge in [0.1, 0.15) is 12.4 Å². The van der Waals surface area contributed by atoms with Crippen molar-refractivity contribution in [1.29, 1.82) is 5.26 Å². The van der Waals surface area contributed by atoms with Crippen molar-refractivity contribution in [2.45, 2.75) is 33.3 Å². The number of aryl methyl sites for hydroxylation is 1. The number of nitrogens with one attached hydrogen (secondary N) is 2. The van der Waals surface area contributed by atoms with E-state index in [0.29, 0.717) is 16.6 Å². The zero-order valence-electron chi connectivity index (χ0n) is 18.8. The molecule has 0 unspecified atom stereocenters. The number of esters is 1. The first-order chi connectivity index (χ1) is 16.1. The molecular weight excluding hydrogens is 412 g/mol. The van der Waals surface area contributed by atoms with Gasteiger partial charge < -0.3 is 15.0 Å². The molecule has 4 rings (SSSR count). The van der Waals surface area contributed by atoms with Crippen LogP contribution in [0.4, 0.5) is 5.69 Å². The Morgan fingerprint density at radius 1 is 1.12 bits per heavy atom. The molecule has 6 heteroatoms. The summed E-state index contributed by atoms with van der Waals surface area (Å²) in [6, 6.07) is 21.1. The second-order valence-electron chi connectivity index (χ2n) is 7.92. The van der Waals surface area contributed by atoms with E-state index in [2.05, 4.69) is 28.3 Å². The maximum absolute atomic E-state index is 12.8. The second kappa shape index (κ2) is 10.0. The standard InChI is InChI=1S/C27H26N4O2/c1-3-4-14-29-25-15-19(12-13-22(25)21-9-6-5-8-20(21)16-28)17-33-27(32)23-10-7-11-24-26(23)31-18(2)30-24/h5-13,15,29H,3-4,14,17H2,1-2H3,(H,30,31). The minimum atomic E-state index is -0.399. The summed E-state index contributed by atoms with van der Waals surface area (Å²) in [4.78, 5) is 20.3. The van der Waals surface area contributed by atoms with Crippen LogP contribution >= 0.6 is 0 Å². The number of rotatable bonds is 8. The smallest absolute Gasteiger partial charge is 0.340 e. The third-order valence-corrected chi connectivity index (χ3v) is 5.49. The molecule has 0 spiro atoms. The zero-order chi connectivity index (χ0) is 23.2. The molecule has 0 aliphatic carbocycles. The van der Waals surface area contributed by atoms with Crippen molar-refractivity contribution in [1.82, 2.24) is 9.97 Å². The largest absolute Gasteiger partial charge is 0.457 e. The number of nitriles is 1. The summed E-state index contributed by atoms with van der Waals surface area (Å²) in [7, 11) is 0. The topological polar surface area (TPSA) is 90.8 Å². The summed E-state index contributed by atoms with van der Waals surface area (Å²) >= 11 is 0. The molecule has 33 heavy (non-hydrogen) atoms. The fourth-order valence-electron chi connectivity index (χ4n) is 3.83. The van der Waals surface area contributed by atoms with Gasteiger partial charge in [-0.2, -0.15) is 5.26 Å². The van der Waals surface area contributed by atoms with E-state index in [4.69, 9.17) is 4.74 Å². The molecule has 4 aromatic rings. The third kappa shape index (κ3) is 4.88. The van der Waals surface area contributed by atoms with E-state index in [0.717, 1.165) is 53.1 Å². The summed E-state index contributed by atoms with van der Waals surface area (Å²) in [5.74, 6) is 0.352. The third-order valence-electron chi connectivity index (χ3n) is 5.49. The van der Waals surface area contributed by atoms with Crippen LogP contribution in [0.1, 0.15) is 47.1 Å². The van der Waals surface area contributed by atoms with Crippen LogP contribution in [0.15, 0.2) is 60.7 Å². The fraction of sp³-hybridized carbons (Fsp3) is 0.222. The molecule has 0 aliphatic rings. The number of unbranched alkanes of at least 4 members (excludes halogenated alkanes) is 1. The van der Waals surface area contributed by atoms with Gasteiger partial charge in [-0.3, -0.25) is 0 Å². The quantitative estimate of drug-likeness (QED) is 0.261. The number of aromatic amines is 1. The van der Waals surface area contributed by atoms with Crippen LogP contribution in [0.3, 0.4) is 0 Å². The van der Waals surface area contributed by atoms with Crippen molar-refractivity contribution in [2.24, 2.45) is 0 Å². The fourth-order valence-corrected chi connectivity index (χ4v) is 3.83. The first kappa shape index (κ1) is 22.1. The Morgan fingerprint density at radius 2 is 1.97 bits per heavy atom. The first-order valence-corrected chi connectivity index (χ1v) is 11.1. The Kier molecular flexibility index (Phi) is 6.70. The van der Waals surface area contributed by atoms with Gasteiger partial charge in [-0.05, 0) is 43.2 Å². The number of H-pyrrole nitrogens is 1. The highest BCUT2D eigenvalue weighted by atomic mass is 16.5. The van der Waals surface area contributed by atoms with Gasteiger partial charge in [-0.1, -0.05) is 49.7 Å². The number of imidazole rings is 1. The van der Waals surface area contributed by atoms with Crippen molar-refractivity contribution in [3.8, 4) is 17.2 Å². The molecule has 0 fully saturated rings. The van der Waals surface area contributed by atoms with Gasteiger partial charge in [0, 0.05) is 23.4 Å². The van der Waals surface area contributed by atoms with E-state index in [1.54, 1.807) is 12.1 Å². The maximum atomic E-state index is 12.8. The molecular formula is C27H26N4O2. The zero-order valence-corrected chi connectivity index (χ0v) is 18.8. The molecule has 1 aromatic heterocycles. The molecule has 1 heterocycles. The Labute approximate surface area is 193 Å². The number of ether oxygens (including phenoxy) is 1. The molecule has 0 atom stereocenters. The first-order valence-electron chi connectivity index (χ1n) is 11.1. The number of hydrogen-bond acceptors (Lipinski definition) is 5. The second-order valence-corrected chi connectivity index (χ2v) is 7.92. The number of carbonyl (C=O) groups is 1. The van der Waals surface area contributed by atoms with Gasteiger partial charge in [0.2, 0.25) is 0 Å². The lowest BCUT2D eigenvalue weighted by molar-refractivity contribution is 0.0475. The molecule has 0 aliphatic heterocycles. The predicted molar refractivity (Wildman–Crippen MR) is 130 cm³/mol. The summed E-state index contributed by atoms with van der Waals surface area (Å²) in [6.45, 7) is 4.97. The van der Waals surface area contributed by atoms with Crippen LogP contribution in [-0.2, 0) is 11.3 Å². The molecule has 0 saturated carbocycles. The lowest BCUT2D eigenvalue weighted by Gasteiger charge is -2.15. The average molecular weight is 439 g/mol. The van der Waals surface area contributed by atoms with Gasteiger partial charge in [0.15, 0.2) is 0 Å². The lowest BCUT2D eigenvalue weighted by Crippen LogP contribution is -2.07. The summed E-state index contributed by atoms with van der Waals surface area (Å²) in [6.07, 6.45) is 2.11. The molecule has 0 bridgehead atoms. The van der Waals surface area contributed by atoms with Crippen LogP contribution in [0.2, 0.25) is 0 Å². The van der Waals surface area contributed by atoms with E-state index < -0.39 is 5.97 Å². The highest BCUT2D eigenvalue weighted by molar-refractivity contribution is 6.01. The van der Waals surface area contributed by atoms with Gasteiger partial charge in [0.05, 0.1) is 28.2 Å². The van der Waals surface area contributed by atoms with Crippen LogP contribution in [0, 0.1) is 18.3 Å². The van der Waals surface area contributed by atoms with Crippen molar-refractivity contribution in [3.63, 3.8) is 0 Å². The Hall–Kier alpha value is -4.11. The number of hydrogen-bond donors (Lipinski definition) is 2. The number of nitrogens with zero attached hydrogens (tertiary/aromatic N) is 2. The Balaban J connectivity index is 1.58. The summed E-state index contributed by atoms with van der Waals surface area (Å²) in [5, 5.41) is 13.0. The average Bonchev–Trinajstić information content (AvgIpc) is 3.23. The maximum Gasteiger partial charge on any atom is 0.340 e. The van der Waals surface area contributed by atoms with Gasteiger partial charge in [-0.15, -0.1) is 0 Å². The van der Waals surface area contributed by atoms with Crippen LogP contribution in [0.5, 0.6) is 0 Å². The molecule has 3 aromatic carbocycles. The van der Waals surface area contributed by atoms with Crippen LogP contribution < -0.4 is 5.32 Å². The molecule has 6 nitrogen and oxygen atoms in total. The molecule has 2 N–H and O–H groups in total. The Morgan fingerprint density at radius 3 is 2.79 bits per heavy atom. The SMILES string of the molecule is CCCCNc1cc(COC(=O)c2cccc3nc(C)[nH]c23)ccc1-c1ccccc1C#N. The number of aromatic nitrogens is 2. The van der Waals surface area contributed by atoms with Crippen LogP contribution in [0.25, 0.3) is 22.2 Å². The predicted octanol–water partition coefficient (Wildman–Crippen LogP) is 5.98. The van der Waals surface area contributed by atoms with Crippen molar-refractivity contribution in [3.05, 3.63) is 83.2 Å². The van der Waals surface area contributed by atoms with Gasteiger partial charge in [0.25, 0.3) is 0 Å². The van der Waals surface area contributed by atoms with E-state index >= 15 is 0 Å². The van der Waals surface area contributed by atoms with Crippen molar-refractivity contribution >= 4 is 22.7 Å². The van der Waals surface area contributed by atoms with Gasteiger partial charge >= 0.3 is 5.97 Å². The normalized spacial score (nSPS) is 10.7. The van der Waals surface area contributed by atoms with Crippen molar-refractivity contribution < 1.29 is 9.53 Å². The highest BCUT2D eigenvalue weighted by Gasteiger charge is 2.15. The molecule has 166 valence electrons. The Bertz CT molecular complexity index is 1330. The number of carbonyl (C=O) groups excluding carboxylic acids is 1. The lowest BCUT2D eigenvalue weighted by atomic mass is 9.97. The van der Waals surface area contributed by atoms with Gasteiger partial charge in [-0.25, -0.2) is 9.78 Å². The molecule has 0 amide bonds. The summed E-state index contributed by atoms with van der Waals surface area (Å²) < 4.78 is 5.64. The minimum absolute atomic E-state index is 0.144. The number of para-hydroxylation sites is 1. The molecule has 0 radical (unpaired) electrons. The monoisotopic (exact) mass is 438 g/mol. The number of fused-ring (bicyclic) bond motifs is 1. The number of anilines is 1. The summed E-state index contributed by atoms with van der Waals surface area (Å²) in [5.41, 5.74) is 6.14. The van der Waals surface area contributed by atoms with E-state index in [-0.39, 0.29) is 6.61 Å². The minimum Gasteiger partial charge on any atom is -0.457 e. The number of benzene rings is 3. The van der Waals surface area contributed by atoms with E-state index in [1.165, 1.54) is 0 Å². The highest BCUT2D eigenvalue weighted by Crippen LogP contribution is 2.32. The van der Waals surface area contributed by atoms with E-state index in [1.807, 2.05) is 55.5 Å². The van der Waals surface area contributed by atoms with E-state index in [9.17, 15) is 10.1 Å². The van der Waals surface area contributed by atoms with Crippen LogP contribution in [-0.4, -0.2) is 22.5 Å². The van der Waals surface area contributed by atoms with Crippen molar-refractivity contribution in [2.75, 3.05) is 11.9 Å². The molecule has 0 saturated heterocycles.